The number of benzene rings is 2. The molecule has 1 aliphatic rings. The van der Waals surface area contributed by atoms with Crippen molar-refractivity contribution in [1.82, 2.24) is 0 Å². The molecule has 5 heteroatoms. The summed E-state index contributed by atoms with van der Waals surface area (Å²) < 4.78 is 0.600. The Kier molecular flexibility index (Phi) is 4.29. The fraction of sp³-hybridized carbons (Fsp3) is 0.125. The molecule has 0 saturated carbocycles. The fourth-order valence-corrected chi connectivity index (χ4v) is 4.03. The molecule has 1 atom stereocenters. The van der Waals surface area contributed by atoms with E-state index < -0.39 is 0 Å². The Balaban J connectivity index is 1.83. The number of para-hydroxylation sites is 1. The molecule has 2 aromatic rings. The molecule has 0 radical (unpaired) electrons. The van der Waals surface area contributed by atoms with Gasteiger partial charge in [0.05, 0.1) is 10.9 Å². The number of hydrogen-bond donors (Lipinski definition) is 0. The minimum atomic E-state index is -0.211. The molecule has 1 amide bonds. The molecule has 1 fully saturated rings. The van der Waals surface area contributed by atoms with Crippen LogP contribution >= 0.6 is 35.6 Å². The zero-order valence-electron chi connectivity index (χ0n) is 11.0. The van der Waals surface area contributed by atoms with Crippen molar-refractivity contribution in [2.24, 2.45) is 0 Å². The van der Waals surface area contributed by atoms with Gasteiger partial charge in [-0.3, -0.25) is 9.69 Å². The molecular weight excluding hydrogens is 322 g/mol. The van der Waals surface area contributed by atoms with Gasteiger partial charge in [-0.25, -0.2) is 0 Å². The molecule has 0 aromatic heterocycles. The number of thioether (sulfide) groups is 1. The lowest BCUT2D eigenvalue weighted by Gasteiger charge is -2.15. The lowest BCUT2D eigenvalue weighted by Crippen LogP contribution is -2.31. The second-order valence-electron chi connectivity index (χ2n) is 4.68. The number of carbonyl (C=O) groups is 1. The van der Waals surface area contributed by atoms with Gasteiger partial charge in [-0.05, 0) is 30.2 Å². The third-order valence-electron chi connectivity index (χ3n) is 3.30. The van der Waals surface area contributed by atoms with Gasteiger partial charge in [-0.2, -0.15) is 0 Å². The van der Waals surface area contributed by atoms with Crippen LogP contribution in [0.2, 0.25) is 5.02 Å². The molecule has 3 rings (SSSR count). The Labute approximate surface area is 138 Å². The minimum absolute atomic E-state index is 0.0242. The first-order chi connectivity index (χ1) is 10.2. The van der Waals surface area contributed by atoms with E-state index in [2.05, 4.69) is 0 Å². The fourth-order valence-electron chi connectivity index (χ4n) is 2.26. The standard InChI is InChI=1S/C16H12ClNOS2/c17-13-9-5-4-6-11(13)10-14-15(19)18(16(20)21-14)12-7-2-1-3-8-12/h1-9,14H,10H2/t14-/m1/s1. The molecule has 0 spiro atoms. The van der Waals surface area contributed by atoms with Crippen molar-refractivity contribution in [3.8, 4) is 0 Å². The van der Waals surface area contributed by atoms with Crippen LogP contribution in [0.1, 0.15) is 5.56 Å². The van der Waals surface area contributed by atoms with Gasteiger partial charge in [0.1, 0.15) is 4.32 Å². The highest BCUT2D eigenvalue weighted by Gasteiger charge is 2.37. The van der Waals surface area contributed by atoms with E-state index in [1.807, 2.05) is 54.6 Å². The molecule has 106 valence electrons. The predicted molar refractivity (Wildman–Crippen MR) is 93.1 cm³/mol. The van der Waals surface area contributed by atoms with Crippen molar-refractivity contribution < 1.29 is 4.79 Å². The van der Waals surface area contributed by atoms with Gasteiger partial charge in [0, 0.05) is 5.02 Å². The normalized spacial score (nSPS) is 18.3. The van der Waals surface area contributed by atoms with Crippen LogP contribution in [0, 0.1) is 0 Å². The van der Waals surface area contributed by atoms with Crippen LogP contribution < -0.4 is 4.90 Å². The van der Waals surface area contributed by atoms with Crippen LogP contribution in [0.5, 0.6) is 0 Å². The quantitative estimate of drug-likeness (QED) is 0.780. The van der Waals surface area contributed by atoms with Crippen LogP contribution in [0.15, 0.2) is 54.6 Å². The molecule has 0 aliphatic carbocycles. The maximum absolute atomic E-state index is 12.6. The summed E-state index contributed by atoms with van der Waals surface area (Å²) in [4.78, 5) is 14.2. The van der Waals surface area contributed by atoms with E-state index in [1.54, 1.807) is 4.90 Å². The highest BCUT2D eigenvalue weighted by Crippen LogP contribution is 2.34. The SMILES string of the molecule is O=C1[C@@H](Cc2ccccc2Cl)SC(=S)N1c1ccccc1. The number of carbonyl (C=O) groups excluding carboxylic acids is 1. The topological polar surface area (TPSA) is 20.3 Å². The maximum Gasteiger partial charge on any atom is 0.246 e. The van der Waals surface area contributed by atoms with Gasteiger partial charge in [0.2, 0.25) is 5.91 Å². The largest absolute Gasteiger partial charge is 0.273 e. The van der Waals surface area contributed by atoms with Crippen LogP contribution in [-0.2, 0) is 11.2 Å². The van der Waals surface area contributed by atoms with Crippen molar-refractivity contribution in [1.29, 1.82) is 0 Å². The second kappa shape index (κ2) is 6.18. The molecule has 0 unspecified atom stereocenters. The number of anilines is 1. The zero-order valence-corrected chi connectivity index (χ0v) is 13.4. The molecule has 1 heterocycles. The summed E-state index contributed by atoms with van der Waals surface area (Å²) in [6.45, 7) is 0. The lowest BCUT2D eigenvalue weighted by atomic mass is 10.1. The monoisotopic (exact) mass is 333 g/mol. The first kappa shape index (κ1) is 14.6. The molecule has 0 N–H and O–H groups in total. The molecule has 21 heavy (non-hydrogen) atoms. The Morgan fingerprint density at radius 3 is 2.48 bits per heavy atom. The Bertz CT molecular complexity index is 690. The lowest BCUT2D eigenvalue weighted by molar-refractivity contribution is -0.116. The van der Waals surface area contributed by atoms with E-state index in [0.29, 0.717) is 15.8 Å². The number of halogens is 1. The molecule has 2 aromatic carbocycles. The van der Waals surface area contributed by atoms with Crippen molar-refractivity contribution in [3.05, 3.63) is 65.2 Å². The predicted octanol–water partition coefficient (Wildman–Crippen LogP) is 4.32. The summed E-state index contributed by atoms with van der Waals surface area (Å²) in [5.41, 5.74) is 1.80. The van der Waals surface area contributed by atoms with Crippen LogP contribution in [0.3, 0.4) is 0 Å². The second-order valence-corrected chi connectivity index (χ2v) is 6.92. The third-order valence-corrected chi connectivity index (χ3v) is 5.18. The molecule has 1 saturated heterocycles. The van der Waals surface area contributed by atoms with Crippen molar-refractivity contribution in [3.63, 3.8) is 0 Å². The first-order valence-corrected chi connectivity index (χ1v) is 8.16. The van der Waals surface area contributed by atoms with Gasteiger partial charge in [-0.15, -0.1) is 0 Å². The van der Waals surface area contributed by atoms with Crippen LogP contribution in [0.25, 0.3) is 0 Å². The van der Waals surface area contributed by atoms with Crippen LogP contribution in [0.4, 0.5) is 5.69 Å². The van der Waals surface area contributed by atoms with E-state index in [4.69, 9.17) is 23.8 Å². The number of thiocarbonyl (C=S) groups is 1. The minimum Gasteiger partial charge on any atom is -0.273 e. The number of rotatable bonds is 3. The summed E-state index contributed by atoms with van der Waals surface area (Å²) in [5.74, 6) is 0.0242. The van der Waals surface area contributed by atoms with Crippen molar-refractivity contribution in [2.75, 3.05) is 4.90 Å². The van der Waals surface area contributed by atoms with Gasteiger partial charge in [0.15, 0.2) is 0 Å². The third kappa shape index (κ3) is 2.98. The van der Waals surface area contributed by atoms with E-state index >= 15 is 0 Å². The Morgan fingerprint density at radius 1 is 1.10 bits per heavy atom. The smallest absolute Gasteiger partial charge is 0.246 e. The number of hydrogen-bond acceptors (Lipinski definition) is 3. The van der Waals surface area contributed by atoms with E-state index in [1.165, 1.54) is 11.8 Å². The first-order valence-electron chi connectivity index (χ1n) is 6.50. The average molecular weight is 334 g/mol. The van der Waals surface area contributed by atoms with Crippen LogP contribution in [-0.4, -0.2) is 15.5 Å². The average Bonchev–Trinajstić information content (AvgIpc) is 2.77. The highest BCUT2D eigenvalue weighted by molar-refractivity contribution is 8.25. The summed E-state index contributed by atoms with van der Waals surface area (Å²) in [5, 5.41) is 0.479. The number of nitrogens with zero attached hydrogens (tertiary/aromatic N) is 1. The van der Waals surface area contributed by atoms with E-state index in [0.717, 1.165) is 11.3 Å². The molecule has 2 nitrogen and oxygen atoms in total. The summed E-state index contributed by atoms with van der Waals surface area (Å²) >= 11 is 13.0. The molecule has 1 aliphatic heterocycles. The zero-order chi connectivity index (χ0) is 14.8. The Morgan fingerprint density at radius 2 is 1.76 bits per heavy atom. The van der Waals surface area contributed by atoms with Gasteiger partial charge < -0.3 is 0 Å². The van der Waals surface area contributed by atoms with Crippen molar-refractivity contribution >= 4 is 51.5 Å². The highest BCUT2D eigenvalue weighted by atomic mass is 35.5. The van der Waals surface area contributed by atoms with E-state index in [-0.39, 0.29) is 11.2 Å². The molecule has 0 bridgehead atoms. The molecular formula is C16H12ClNOS2. The maximum atomic E-state index is 12.6. The summed E-state index contributed by atoms with van der Waals surface area (Å²) in [7, 11) is 0. The summed E-state index contributed by atoms with van der Waals surface area (Å²) in [6, 6.07) is 17.1. The van der Waals surface area contributed by atoms with Crippen molar-refractivity contribution in [2.45, 2.75) is 11.7 Å². The summed E-state index contributed by atoms with van der Waals surface area (Å²) in [6.07, 6.45) is 0.590. The Hall–Kier alpha value is -1.36. The number of amides is 1. The van der Waals surface area contributed by atoms with Gasteiger partial charge in [-0.1, -0.05) is 72.0 Å². The van der Waals surface area contributed by atoms with Gasteiger partial charge in [0.25, 0.3) is 0 Å². The van der Waals surface area contributed by atoms with E-state index in [9.17, 15) is 4.79 Å². The van der Waals surface area contributed by atoms with Gasteiger partial charge >= 0.3 is 0 Å².